The Morgan fingerprint density at radius 3 is 2.80 bits per heavy atom. The fraction of sp³-hybridized carbons (Fsp3) is 0.429. The molecule has 0 amide bonds. The predicted octanol–water partition coefficient (Wildman–Crippen LogP) is -0.657. The molecule has 0 bridgehead atoms. The number of aliphatic hydroxyl groups excluding tert-OH is 1. The van der Waals surface area contributed by atoms with E-state index < -0.39 is 4.92 Å². The second-order valence-corrected chi connectivity index (χ2v) is 2.78. The van der Waals surface area contributed by atoms with Crippen molar-refractivity contribution in [3.8, 4) is 0 Å². The van der Waals surface area contributed by atoms with Gasteiger partial charge in [-0.05, 0) is 4.92 Å². The molecule has 0 aromatic carbocycles. The third-order valence-electron chi connectivity index (χ3n) is 1.67. The zero-order chi connectivity index (χ0) is 11.4. The molecule has 0 aliphatic carbocycles. The van der Waals surface area contributed by atoms with Crippen LogP contribution >= 0.6 is 0 Å². The molecule has 1 rings (SSSR count). The lowest BCUT2D eigenvalue weighted by Gasteiger charge is -1.99. The molecule has 0 spiro atoms. The maximum Gasteiger partial charge on any atom is 0.343 e. The number of hydrogen-bond donors (Lipinski definition) is 1. The average molecular weight is 214 g/mol. The summed E-state index contributed by atoms with van der Waals surface area (Å²) >= 11 is 0. The molecule has 0 atom stereocenters. The summed E-state index contributed by atoms with van der Waals surface area (Å²) in [5, 5.41) is 30.0. The maximum atomic E-state index is 10.7. The van der Waals surface area contributed by atoms with Gasteiger partial charge in [0.15, 0.2) is 0 Å². The van der Waals surface area contributed by atoms with Crippen molar-refractivity contribution in [2.24, 2.45) is 0 Å². The van der Waals surface area contributed by atoms with Crippen LogP contribution in [-0.4, -0.2) is 44.2 Å². The fourth-order valence-corrected chi connectivity index (χ4v) is 1.12. The minimum atomic E-state index is -0.620. The molecule has 82 valence electrons. The van der Waals surface area contributed by atoms with Crippen LogP contribution in [0.25, 0.3) is 0 Å². The van der Waals surface area contributed by atoms with E-state index in [0.717, 1.165) is 17.0 Å². The van der Waals surface area contributed by atoms with Crippen molar-refractivity contribution in [2.75, 3.05) is 13.7 Å². The van der Waals surface area contributed by atoms with Crippen molar-refractivity contribution >= 4 is 12.0 Å². The third kappa shape index (κ3) is 2.50. The first-order valence-corrected chi connectivity index (χ1v) is 4.12. The highest BCUT2D eigenvalue weighted by molar-refractivity contribution is 5.71. The zero-order valence-corrected chi connectivity index (χ0v) is 8.03. The van der Waals surface area contributed by atoms with Crippen LogP contribution in [0.4, 0.5) is 5.82 Å². The van der Waals surface area contributed by atoms with Gasteiger partial charge in [-0.25, -0.2) is 9.72 Å². The van der Waals surface area contributed by atoms with Gasteiger partial charge >= 0.3 is 5.82 Å². The summed E-state index contributed by atoms with van der Waals surface area (Å²) in [5.41, 5.74) is 0. The van der Waals surface area contributed by atoms with Gasteiger partial charge in [0.05, 0.1) is 6.61 Å². The van der Waals surface area contributed by atoms with Crippen LogP contribution in [0.1, 0.15) is 5.82 Å². The Balaban J connectivity index is 3.17. The molecule has 1 aromatic heterocycles. The number of hydrogen-bond acceptors (Lipinski definition) is 5. The molecule has 0 aliphatic heterocycles. The van der Waals surface area contributed by atoms with Gasteiger partial charge in [0.2, 0.25) is 6.21 Å². The van der Waals surface area contributed by atoms with E-state index in [1.54, 1.807) is 0 Å². The van der Waals surface area contributed by atoms with E-state index in [0.29, 0.717) is 4.74 Å². The minimum absolute atomic E-state index is 0.0238. The van der Waals surface area contributed by atoms with Crippen LogP contribution in [0.3, 0.4) is 0 Å². The highest BCUT2D eigenvalue weighted by atomic mass is 16.6. The van der Waals surface area contributed by atoms with Gasteiger partial charge in [-0.1, -0.05) is 0 Å². The summed E-state index contributed by atoms with van der Waals surface area (Å²) < 4.78 is 1.65. The van der Waals surface area contributed by atoms with E-state index in [9.17, 15) is 15.3 Å². The summed E-state index contributed by atoms with van der Waals surface area (Å²) in [6.45, 7) is -0.239. The lowest BCUT2D eigenvalue weighted by Crippen LogP contribution is -2.12. The monoisotopic (exact) mass is 214 g/mol. The normalized spacial score (nSPS) is 11.7. The summed E-state index contributed by atoms with van der Waals surface area (Å²) in [6, 6.07) is 0. The summed E-state index contributed by atoms with van der Waals surface area (Å²) in [6.07, 6.45) is 2.15. The van der Waals surface area contributed by atoms with Gasteiger partial charge in [0, 0.05) is 0 Å². The van der Waals surface area contributed by atoms with E-state index in [4.69, 9.17) is 5.11 Å². The van der Waals surface area contributed by atoms with Crippen LogP contribution < -0.4 is 0 Å². The number of rotatable bonds is 4. The molecule has 0 fully saturated rings. The van der Waals surface area contributed by atoms with E-state index in [2.05, 4.69) is 4.98 Å². The first-order chi connectivity index (χ1) is 7.06. The highest BCUT2D eigenvalue weighted by Crippen LogP contribution is 2.12. The molecule has 15 heavy (non-hydrogen) atoms. The Hall–Kier alpha value is -1.96. The van der Waals surface area contributed by atoms with Crippen LogP contribution in [0, 0.1) is 15.3 Å². The van der Waals surface area contributed by atoms with Crippen molar-refractivity contribution in [1.82, 2.24) is 9.55 Å². The number of nitrogens with zero attached hydrogens (tertiary/aromatic N) is 4. The largest absolute Gasteiger partial charge is 0.624 e. The standard InChI is InChI=1S/C7H10N4O4/c1-9(13)5-6-8-4-7(11(14)15)10(6)2-3-12/h4-5,12H,2-3H2,1H3. The molecule has 0 aliphatic rings. The highest BCUT2D eigenvalue weighted by Gasteiger charge is 2.19. The molecule has 1 aromatic rings. The van der Waals surface area contributed by atoms with Crippen LogP contribution in [0.2, 0.25) is 0 Å². The van der Waals surface area contributed by atoms with Crippen molar-refractivity contribution in [3.63, 3.8) is 0 Å². The van der Waals surface area contributed by atoms with Gasteiger partial charge in [-0.2, -0.15) is 4.57 Å². The van der Waals surface area contributed by atoms with Crippen LogP contribution in [-0.2, 0) is 6.54 Å². The first-order valence-electron chi connectivity index (χ1n) is 4.12. The Labute approximate surface area is 84.8 Å². The number of aliphatic hydroxyl groups is 1. The number of nitro groups is 1. The maximum absolute atomic E-state index is 10.7. The topological polar surface area (TPSA) is 107 Å². The summed E-state index contributed by atoms with van der Waals surface area (Å²) in [5.74, 6) is -0.106. The van der Waals surface area contributed by atoms with Crippen molar-refractivity contribution < 1.29 is 14.8 Å². The lowest BCUT2D eigenvalue weighted by molar-refractivity contribution is -0.417. The van der Waals surface area contributed by atoms with Gasteiger partial charge in [-0.3, -0.25) is 0 Å². The number of aromatic nitrogens is 2. The number of hydroxylamine groups is 1. The molecule has 8 nitrogen and oxygen atoms in total. The van der Waals surface area contributed by atoms with E-state index >= 15 is 0 Å². The molecule has 0 saturated carbocycles. The van der Waals surface area contributed by atoms with Gasteiger partial charge in [-0.15, -0.1) is 0 Å². The van der Waals surface area contributed by atoms with E-state index in [1.165, 1.54) is 7.05 Å². The van der Waals surface area contributed by atoms with Crippen molar-refractivity contribution in [1.29, 1.82) is 0 Å². The minimum Gasteiger partial charge on any atom is -0.624 e. The zero-order valence-electron chi connectivity index (χ0n) is 8.03. The smallest absolute Gasteiger partial charge is 0.343 e. The van der Waals surface area contributed by atoms with Gasteiger partial charge < -0.3 is 20.4 Å². The van der Waals surface area contributed by atoms with Crippen LogP contribution in [0.15, 0.2) is 6.20 Å². The van der Waals surface area contributed by atoms with Gasteiger partial charge in [0.1, 0.15) is 19.8 Å². The van der Waals surface area contributed by atoms with E-state index in [-0.39, 0.29) is 24.8 Å². The first kappa shape index (κ1) is 11.1. The Bertz CT molecular complexity index is 394. The molecule has 0 saturated heterocycles. The molecular weight excluding hydrogens is 204 g/mol. The Kier molecular flexibility index (Phi) is 3.34. The fourth-order valence-electron chi connectivity index (χ4n) is 1.12. The summed E-state index contributed by atoms with van der Waals surface area (Å²) in [4.78, 5) is 13.6. The molecule has 1 heterocycles. The van der Waals surface area contributed by atoms with Crippen LogP contribution in [0.5, 0.6) is 0 Å². The Morgan fingerprint density at radius 1 is 1.67 bits per heavy atom. The SMILES string of the molecule is C[N+]([O-])=Cc1ncc([N+](=O)[O-])n1CCO. The van der Waals surface area contributed by atoms with Crippen molar-refractivity contribution in [2.45, 2.75) is 6.54 Å². The second kappa shape index (κ2) is 4.51. The lowest BCUT2D eigenvalue weighted by atomic mass is 10.5. The number of imidazole rings is 1. The molecule has 0 unspecified atom stereocenters. The average Bonchev–Trinajstić information content (AvgIpc) is 2.48. The summed E-state index contributed by atoms with van der Waals surface area (Å²) in [7, 11) is 1.24. The molecule has 0 radical (unpaired) electrons. The predicted molar refractivity (Wildman–Crippen MR) is 50.7 cm³/mol. The van der Waals surface area contributed by atoms with Crippen molar-refractivity contribution in [3.05, 3.63) is 27.3 Å². The van der Waals surface area contributed by atoms with E-state index in [1.807, 2.05) is 0 Å². The Morgan fingerprint density at radius 2 is 2.33 bits per heavy atom. The molecule has 8 heteroatoms. The molecular formula is C7H10N4O4. The third-order valence-corrected chi connectivity index (χ3v) is 1.67. The second-order valence-electron chi connectivity index (χ2n) is 2.78. The molecule has 1 N–H and O–H groups in total. The van der Waals surface area contributed by atoms with Gasteiger partial charge in [0.25, 0.3) is 5.82 Å². The quantitative estimate of drug-likeness (QED) is 0.235.